The van der Waals surface area contributed by atoms with Crippen molar-refractivity contribution in [2.24, 2.45) is 7.05 Å². The molecular formula is C12H12FN3O2. The number of methoxy groups -OCH3 is 1. The van der Waals surface area contributed by atoms with E-state index >= 15 is 0 Å². The summed E-state index contributed by atoms with van der Waals surface area (Å²) in [5.74, 6) is -0.482. The van der Waals surface area contributed by atoms with Crippen LogP contribution in [0.2, 0.25) is 0 Å². The Balaban J connectivity index is 2.16. The van der Waals surface area contributed by atoms with Crippen molar-refractivity contribution in [1.29, 1.82) is 0 Å². The monoisotopic (exact) mass is 249 g/mol. The molecule has 0 aliphatic heterocycles. The molecule has 6 heteroatoms. The van der Waals surface area contributed by atoms with E-state index in [0.29, 0.717) is 5.82 Å². The van der Waals surface area contributed by atoms with Gasteiger partial charge < -0.3 is 10.1 Å². The number of aromatic nitrogens is 2. The molecule has 0 aliphatic rings. The first kappa shape index (κ1) is 12.1. The van der Waals surface area contributed by atoms with Gasteiger partial charge in [-0.2, -0.15) is 5.10 Å². The zero-order valence-corrected chi connectivity index (χ0v) is 9.98. The van der Waals surface area contributed by atoms with Gasteiger partial charge in [0.2, 0.25) is 0 Å². The number of amides is 1. The maximum absolute atomic E-state index is 13.4. The lowest BCUT2D eigenvalue weighted by Gasteiger charge is -2.05. The first-order valence-corrected chi connectivity index (χ1v) is 5.24. The molecule has 2 aromatic rings. The van der Waals surface area contributed by atoms with Crippen molar-refractivity contribution in [3.8, 4) is 5.75 Å². The number of carbonyl (C=O) groups is 1. The minimum atomic E-state index is -0.578. The molecule has 2 rings (SSSR count). The molecule has 1 amide bonds. The smallest absolute Gasteiger partial charge is 0.256 e. The molecule has 18 heavy (non-hydrogen) atoms. The third-order valence-electron chi connectivity index (χ3n) is 2.37. The second-order valence-corrected chi connectivity index (χ2v) is 3.68. The van der Waals surface area contributed by atoms with Crippen LogP contribution in [0.4, 0.5) is 10.2 Å². The molecule has 5 nitrogen and oxygen atoms in total. The van der Waals surface area contributed by atoms with E-state index in [-0.39, 0.29) is 11.3 Å². The standard InChI is InChI=1S/C12H12FN3O2/c1-16-6-5-11(15-16)14-12(17)8-3-4-10(18-2)9(13)7-8/h3-7H,1-2H3,(H,14,15,17). The lowest BCUT2D eigenvalue weighted by Crippen LogP contribution is -2.13. The van der Waals surface area contributed by atoms with Gasteiger partial charge >= 0.3 is 0 Å². The van der Waals surface area contributed by atoms with E-state index in [0.717, 1.165) is 6.07 Å². The number of nitrogens with one attached hydrogen (secondary N) is 1. The van der Waals surface area contributed by atoms with Gasteiger partial charge in [0.1, 0.15) is 0 Å². The van der Waals surface area contributed by atoms with E-state index in [9.17, 15) is 9.18 Å². The maximum Gasteiger partial charge on any atom is 0.256 e. The van der Waals surface area contributed by atoms with Crippen molar-refractivity contribution >= 4 is 11.7 Å². The molecule has 0 atom stereocenters. The topological polar surface area (TPSA) is 56.1 Å². The van der Waals surface area contributed by atoms with Gasteiger partial charge in [0, 0.05) is 24.9 Å². The predicted octanol–water partition coefficient (Wildman–Crippen LogP) is 1.82. The molecule has 0 bridgehead atoms. The Morgan fingerprint density at radius 3 is 2.78 bits per heavy atom. The lowest BCUT2D eigenvalue weighted by molar-refractivity contribution is 0.102. The van der Waals surface area contributed by atoms with Crippen LogP contribution < -0.4 is 10.1 Å². The van der Waals surface area contributed by atoms with Crippen molar-refractivity contribution < 1.29 is 13.9 Å². The van der Waals surface area contributed by atoms with E-state index in [4.69, 9.17) is 4.74 Å². The molecule has 0 fully saturated rings. The van der Waals surface area contributed by atoms with Crippen LogP contribution in [0, 0.1) is 5.82 Å². The van der Waals surface area contributed by atoms with Crippen LogP contribution in [0.25, 0.3) is 0 Å². The highest BCUT2D eigenvalue weighted by Crippen LogP contribution is 2.18. The summed E-state index contributed by atoms with van der Waals surface area (Å²) in [6.07, 6.45) is 1.70. The molecule has 94 valence electrons. The molecule has 1 heterocycles. The normalized spacial score (nSPS) is 10.2. The fourth-order valence-corrected chi connectivity index (χ4v) is 1.48. The van der Waals surface area contributed by atoms with E-state index in [1.165, 1.54) is 19.2 Å². The molecule has 1 N–H and O–H groups in total. The number of halogens is 1. The third-order valence-corrected chi connectivity index (χ3v) is 2.37. The molecule has 1 aromatic carbocycles. The zero-order valence-electron chi connectivity index (χ0n) is 9.98. The summed E-state index contributed by atoms with van der Waals surface area (Å²) in [5.41, 5.74) is 0.207. The number of anilines is 1. The van der Waals surface area contributed by atoms with Gasteiger partial charge in [-0.15, -0.1) is 0 Å². The average molecular weight is 249 g/mol. The Morgan fingerprint density at radius 2 is 2.22 bits per heavy atom. The fraction of sp³-hybridized carbons (Fsp3) is 0.167. The van der Waals surface area contributed by atoms with Crippen LogP contribution >= 0.6 is 0 Å². The van der Waals surface area contributed by atoms with E-state index in [1.807, 2.05) is 0 Å². The average Bonchev–Trinajstić information content (AvgIpc) is 2.74. The number of carbonyl (C=O) groups excluding carboxylic acids is 1. The van der Waals surface area contributed by atoms with Crippen molar-refractivity contribution in [3.05, 3.63) is 41.8 Å². The van der Waals surface area contributed by atoms with Gasteiger partial charge in [0.15, 0.2) is 17.4 Å². The SMILES string of the molecule is COc1ccc(C(=O)Nc2ccn(C)n2)cc1F. The van der Waals surface area contributed by atoms with E-state index in [2.05, 4.69) is 10.4 Å². The Morgan fingerprint density at radius 1 is 1.44 bits per heavy atom. The number of hydrogen-bond acceptors (Lipinski definition) is 3. The predicted molar refractivity (Wildman–Crippen MR) is 64.1 cm³/mol. The second-order valence-electron chi connectivity index (χ2n) is 3.68. The number of nitrogens with zero attached hydrogens (tertiary/aromatic N) is 2. The zero-order chi connectivity index (χ0) is 13.1. The highest BCUT2D eigenvalue weighted by molar-refractivity contribution is 6.03. The van der Waals surface area contributed by atoms with Crippen molar-refractivity contribution in [1.82, 2.24) is 9.78 Å². The van der Waals surface area contributed by atoms with Crippen LogP contribution in [-0.2, 0) is 7.05 Å². The van der Waals surface area contributed by atoms with Gasteiger partial charge in [0.05, 0.1) is 7.11 Å². The summed E-state index contributed by atoms with van der Waals surface area (Å²) >= 11 is 0. The Labute approximate surface area is 103 Å². The number of rotatable bonds is 3. The molecular weight excluding hydrogens is 237 g/mol. The summed E-state index contributed by atoms with van der Waals surface area (Å²) in [4.78, 5) is 11.8. The second kappa shape index (κ2) is 4.87. The number of hydrogen-bond donors (Lipinski definition) is 1. The van der Waals surface area contributed by atoms with E-state index < -0.39 is 11.7 Å². The van der Waals surface area contributed by atoms with Crippen LogP contribution in [0.3, 0.4) is 0 Å². The minimum Gasteiger partial charge on any atom is -0.494 e. The Bertz CT molecular complexity index is 580. The van der Waals surface area contributed by atoms with Crippen molar-refractivity contribution in [2.75, 3.05) is 12.4 Å². The van der Waals surface area contributed by atoms with Crippen molar-refractivity contribution in [3.63, 3.8) is 0 Å². The van der Waals surface area contributed by atoms with Crippen LogP contribution in [0.15, 0.2) is 30.5 Å². The van der Waals surface area contributed by atoms with Crippen molar-refractivity contribution in [2.45, 2.75) is 0 Å². The number of aryl methyl sites for hydroxylation is 1. The summed E-state index contributed by atoms with van der Waals surface area (Å²) in [7, 11) is 3.11. The molecule has 0 saturated carbocycles. The Hall–Kier alpha value is -2.37. The first-order valence-electron chi connectivity index (χ1n) is 5.24. The maximum atomic E-state index is 13.4. The molecule has 0 aliphatic carbocycles. The van der Waals surface area contributed by atoms with Crippen LogP contribution in [-0.4, -0.2) is 22.8 Å². The van der Waals surface area contributed by atoms with Gasteiger partial charge in [-0.25, -0.2) is 4.39 Å². The highest BCUT2D eigenvalue weighted by atomic mass is 19.1. The Kier molecular flexibility index (Phi) is 3.27. The minimum absolute atomic E-state index is 0.101. The lowest BCUT2D eigenvalue weighted by atomic mass is 10.2. The summed E-state index contributed by atoms with van der Waals surface area (Å²) in [5, 5.41) is 6.56. The summed E-state index contributed by atoms with van der Waals surface area (Å²) < 4.78 is 19.8. The van der Waals surface area contributed by atoms with Crippen LogP contribution in [0.5, 0.6) is 5.75 Å². The number of benzene rings is 1. The van der Waals surface area contributed by atoms with Gasteiger partial charge in [0.25, 0.3) is 5.91 Å². The van der Waals surface area contributed by atoms with Crippen LogP contribution in [0.1, 0.15) is 10.4 Å². The summed E-state index contributed by atoms with van der Waals surface area (Å²) in [6.45, 7) is 0. The van der Waals surface area contributed by atoms with Gasteiger partial charge in [-0.05, 0) is 18.2 Å². The molecule has 1 aromatic heterocycles. The fourth-order valence-electron chi connectivity index (χ4n) is 1.48. The first-order chi connectivity index (χ1) is 8.60. The third kappa shape index (κ3) is 2.48. The highest BCUT2D eigenvalue weighted by Gasteiger charge is 2.11. The molecule has 0 saturated heterocycles. The van der Waals surface area contributed by atoms with Gasteiger partial charge in [-0.3, -0.25) is 9.48 Å². The molecule has 0 spiro atoms. The summed E-state index contributed by atoms with van der Waals surface area (Å²) in [6, 6.07) is 5.66. The number of ether oxygens (including phenoxy) is 1. The quantitative estimate of drug-likeness (QED) is 0.902. The van der Waals surface area contributed by atoms with Gasteiger partial charge in [-0.1, -0.05) is 0 Å². The molecule has 0 radical (unpaired) electrons. The molecule has 0 unspecified atom stereocenters. The van der Waals surface area contributed by atoms with E-state index in [1.54, 1.807) is 24.0 Å². The largest absolute Gasteiger partial charge is 0.494 e.